The van der Waals surface area contributed by atoms with E-state index in [9.17, 15) is 4.79 Å². The topological polar surface area (TPSA) is 82.7 Å². The van der Waals surface area contributed by atoms with Gasteiger partial charge < -0.3 is 14.6 Å². The van der Waals surface area contributed by atoms with Crippen molar-refractivity contribution in [1.29, 1.82) is 5.53 Å². The summed E-state index contributed by atoms with van der Waals surface area (Å²) in [5, 5.41) is 6.74. The van der Waals surface area contributed by atoms with Gasteiger partial charge in [0.1, 0.15) is 12.4 Å². The third-order valence-corrected chi connectivity index (χ3v) is 3.56. The quantitative estimate of drug-likeness (QED) is 0.627. The first-order chi connectivity index (χ1) is 11.1. The summed E-state index contributed by atoms with van der Waals surface area (Å²) in [4.78, 5) is 11.9. The number of para-hydroxylation sites is 1. The summed E-state index contributed by atoms with van der Waals surface area (Å²) in [6.07, 6.45) is 1.89. The molecule has 7 nitrogen and oxygen atoms in total. The predicted octanol–water partition coefficient (Wildman–Crippen LogP) is 3.81. The van der Waals surface area contributed by atoms with Gasteiger partial charge in [-0.1, -0.05) is 23.4 Å². The lowest BCUT2D eigenvalue weighted by Gasteiger charge is -2.15. The molecule has 0 saturated heterocycles. The van der Waals surface area contributed by atoms with E-state index in [0.717, 1.165) is 28.6 Å². The van der Waals surface area contributed by atoms with Crippen molar-refractivity contribution in [1.82, 2.24) is 9.58 Å². The number of carbonyl (C=O) groups is 1. The van der Waals surface area contributed by atoms with E-state index in [1.54, 1.807) is 0 Å². The molecule has 0 unspecified atom stereocenters. The van der Waals surface area contributed by atoms with Crippen LogP contribution >= 0.6 is 0 Å². The number of hydrogen-bond donors (Lipinski definition) is 2. The summed E-state index contributed by atoms with van der Waals surface area (Å²) in [7, 11) is 1.42. The highest BCUT2D eigenvalue weighted by Gasteiger charge is 2.14. The fourth-order valence-electron chi connectivity index (χ4n) is 2.18. The predicted molar refractivity (Wildman–Crippen MR) is 87.5 cm³/mol. The second-order valence-corrected chi connectivity index (χ2v) is 5.07. The maximum absolute atomic E-state index is 11.9. The molecule has 0 atom stereocenters. The molecule has 1 aromatic carbocycles. The van der Waals surface area contributed by atoms with Crippen molar-refractivity contribution in [3.05, 3.63) is 47.8 Å². The molecule has 0 aliphatic carbocycles. The maximum Gasteiger partial charge on any atom is 0.343 e. The van der Waals surface area contributed by atoms with Crippen LogP contribution in [0.2, 0.25) is 0 Å². The molecule has 0 aliphatic heterocycles. The van der Waals surface area contributed by atoms with E-state index in [-0.39, 0.29) is 0 Å². The molecule has 0 aliphatic rings. The van der Waals surface area contributed by atoms with Gasteiger partial charge >= 0.3 is 6.03 Å². The molecule has 0 bridgehead atoms. The third kappa shape index (κ3) is 3.88. The van der Waals surface area contributed by atoms with E-state index < -0.39 is 6.03 Å². The van der Waals surface area contributed by atoms with Crippen molar-refractivity contribution in [2.75, 3.05) is 12.4 Å². The Morgan fingerprint density at radius 2 is 2.13 bits per heavy atom. The van der Waals surface area contributed by atoms with Crippen LogP contribution in [0.3, 0.4) is 0 Å². The van der Waals surface area contributed by atoms with Crippen LogP contribution in [0.1, 0.15) is 18.2 Å². The SMILES string of the molecule is CCn1ccc(NC(=O)N(C)N=N)c1COc1ccccc1C. The summed E-state index contributed by atoms with van der Waals surface area (Å²) in [6.45, 7) is 5.11. The molecular weight excluding hydrogens is 294 g/mol. The molecule has 23 heavy (non-hydrogen) atoms. The number of anilines is 1. The Labute approximate surface area is 135 Å². The number of carbonyl (C=O) groups excluding carboxylic acids is 1. The monoisotopic (exact) mass is 315 g/mol. The summed E-state index contributed by atoms with van der Waals surface area (Å²) in [5.41, 5.74) is 9.45. The Morgan fingerprint density at radius 1 is 1.39 bits per heavy atom. The molecule has 2 aromatic rings. The third-order valence-electron chi connectivity index (χ3n) is 3.56. The number of rotatable bonds is 6. The maximum atomic E-state index is 11.9. The van der Waals surface area contributed by atoms with Gasteiger partial charge in [-0.2, -0.15) is 10.5 Å². The zero-order valence-electron chi connectivity index (χ0n) is 13.5. The van der Waals surface area contributed by atoms with E-state index >= 15 is 0 Å². The highest BCUT2D eigenvalue weighted by molar-refractivity contribution is 5.89. The van der Waals surface area contributed by atoms with Crippen molar-refractivity contribution in [2.45, 2.75) is 27.0 Å². The smallest absolute Gasteiger partial charge is 0.343 e. The summed E-state index contributed by atoms with van der Waals surface area (Å²) < 4.78 is 7.89. The first-order valence-corrected chi connectivity index (χ1v) is 7.35. The number of benzene rings is 1. The highest BCUT2D eigenvalue weighted by Crippen LogP contribution is 2.22. The number of aromatic nitrogens is 1. The van der Waals surface area contributed by atoms with Gasteiger partial charge in [0, 0.05) is 19.8 Å². The molecule has 122 valence electrons. The average Bonchev–Trinajstić information content (AvgIpc) is 2.95. The van der Waals surface area contributed by atoms with Gasteiger partial charge in [0.25, 0.3) is 0 Å². The molecule has 1 aromatic heterocycles. The van der Waals surface area contributed by atoms with E-state index in [4.69, 9.17) is 10.3 Å². The minimum Gasteiger partial charge on any atom is -0.487 e. The Hall–Kier alpha value is -2.83. The largest absolute Gasteiger partial charge is 0.487 e. The summed E-state index contributed by atoms with van der Waals surface area (Å²) in [6, 6.07) is 9.14. The number of hydrogen-bond acceptors (Lipinski definition) is 4. The second-order valence-electron chi connectivity index (χ2n) is 5.07. The van der Waals surface area contributed by atoms with Crippen molar-refractivity contribution in [2.24, 2.45) is 5.22 Å². The van der Waals surface area contributed by atoms with Gasteiger partial charge in [0.15, 0.2) is 0 Å². The van der Waals surface area contributed by atoms with Crippen LogP contribution in [0.5, 0.6) is 5.75 Å². The molecule has 0 spiro atoms. The van der Waals surface area contributed by atoms with E-state index in [0.29, 0.717) is 12.3 Å². The van der Waals surface area contributed by atoms with Crippen LogP contribution in [0, 0.1) is 12.5 Å². The van der Waals surface area contributed by atoms with Gasteiger partial charge in [-0.15, -0.1) is 0 Å². The first kappa shape index (κ1) is 16.5. The average molecular weight is 315 g/mol. The Kier molecular flexibility index (Phi) is 5.35. The highest BCUT2D eigenvalue weighted by atomic mass is 16.5. The van der Waals surface area contributed by atoms with Gasteiger partial charge in [0.05, 0.1) is 11.4 Å². The van der Waals surface area contributed by atoms with E-state index in [1.807, 2.05) is 54.9 Å². The number of nitrogens with one attached hydrogen (secondary N) is 2. The Bertz CT molecular complexity index is 696. The second kappa shape index (κ2) is 7.44. The molecule has 1 heterocycles. The van der Waals surface area contributed by atoms with Crippen LogP contribution in [0.4, 0.5) is 10.5 Å². The van der Waals surface area contributed by atoms with Crippen molar-refractivity contribution < 1.29 is 9.53 Å². The number of urea groups is 1. The van der Waals surface area contributed by atoms with Crippen LogP contribution in [0.15, 0.2) is 41.8 Å². The normalized spacial score (nSPS) is 10.2. The molecule has 7 heteroatoms. The minimum atomic E-state index is -0.467. The lowest BCUT2D eigenvalue weighted by Crippen LogP contribution is -2.26. The van der Waals surface area contributed by atoms with Gasteiger partial charge in [-0.05, 0) is 31.5 Å². The number of aryl methyl sites for hydroxylation is 2. The summed E-state index contributed by atoms with van der Waals surface area (Å²) in [5.74, 6) is 0.812. The standard InChI is InChI=1S/C16H21N5O2/c1-4-21-10-9-13(18-16(22)20(3)19-17)14(21)11-23-15-8-6-5-7-12(15)2/h5-10,17H,4,11H2,1-3H3,(H,18,22). The fraction of sp³-hybridized carbons (Fsp3) is 0.312. The molecule has 0 saturated carbocycles. The molecule has 2 amide bonds. The van der Waals surface area contributed by atoms with Crippen LogP contribution < -0.4 is 10.1 Å². The van der Waals surface area contributed by atoms with Crippen LogP contribution in [0.25, 0.3) is 0 Å². The first-order valence-electron chi connectivity index (χ1n) is 7.35. The van der Waals surface area contributed by atoms with E-state index in [1.165, 1.54) is 7.05 Å². The number of nitrogens with zero attached hydrogens (tertiary/aromatic N) is 3. The van der Waals surface area contributed by atoms with E-state index in [2.05, 4.69) is 10.5 Å². The lowest BCUT2D eigenvalue weighted by molar-refractivity contribution is 0.220. The molecular formula is C16H21N5O2. The molecule has 0 radical (unpaired) electrons. The lowest BCUT2D eigenvalue weighted by atomic mass is 10.2. The van der Waals surface area contributed by atoms with Crippen LogP contribution in [-0.2, 0) is 13.2 Å². The van der Waals surface area contributed by atoms with Gasteiger partial charge in [-0.25, -0.2) is 4.79 Å². The zero-order chi connectivity index (χ0) is 16.8. The Balaban J connectivity index is 2.16. The summed E-state index contributed by atoms with van der Waals surface area (Å²) >= 11 is 0. The molecule has 0 fully saturated rings. The Morgan fingerprint density at radius 3 is 2.78 bits per heavy atom. The van der Waals surface area contributed by atoms with Gasteiger partial charge in [-0.3, -0.25) is 0 Å². The van der Waals surface area contributed by atoms with Crippen molar-refractivity contribution in [3.8, 4) is 5.75 Å². The fourth-order valence-corrected chi connectivity index (χ4v) is 2.18. The van der Waals surface area contributed by atoms with Crippen molar-refractivity contribution >= 4 is 11.7 Å². The minimum absolute atomic E-state index is 0.336. The van der Waals surface area contributed by atoms with Crippen molar-refractivity contribution in [3.63, 3.8) is 0 Å². The number of amides is 2. The molecule has 2 N–H and O–H groups in total. The molecule has 2 rings (SSSR count). The number of ether oxygens (including phenoxy) is 1. The van der Waals surface area contributed by atoms with Crippen LogP contribution in [-0.4, -0.2) is 22.7 Å². The zero-order valence-corrected chi connectivity index (χ0v) is 13.5. The van der Waals surface area contributed by atoms with Gasteiger partial charge in [0.2, 0.25) is 0 Å².